The topological polar surface area (TPSA) is 15.3 Å². The average Bonchev–Trinajstić information content (AvgIpc) is 2.95. The van der Waals surface area contributed by atoms with E-state index in [1.165, 1.54) is 23.5 Å². The highest BCUT2D eigenvalue weighted by atomic mass is 35.5. The van der Waals surface area contributed by atoms with Gasteiger partial charge in [0.2, 0.25) is 0 Å². The maximum Gasteiger partial charge on any atom is 0.419 e. The van der Waals surface area contributed by atoms with Crippen LogP contribution in [0.4, 0.5) is 17.6 Å². The zero-order chi connectivity index (χ0) is 17.3. The number of nitrogens with one attached hydrogen (secondary N) is 1. The predicted molar refractivity (Wildman–Crippen MR) is 94.3 cm³/mol. The van der Waals surface area contributed by atoms with Crippen LogP contribution in [0.1, 0.15) is 22.0 Å². The number of piperazine rings is 1. The van der Waals surface area contributed by atoms with Crippen LogP contribution >= 0.6 is 35.3 Å². The maximum atomic E-state index is 14.7. The molecule has 0 amide bonds. The Morgan fingerprint density at radius 2 is 1.80 bits per heavy atom. The van der Waals surface area contributed by atoms with E-state index >= 15 is 0 Å². The van der Waals surface area contributed by atoms with E-state index in [0.29, 0.717) is 30.5 Å². The molecule has 1 atom stereocenters. The molecule has 1 aromatic heterocycles. The minimum atomic E-state index is -4.72. The van der Waals surface area contributed by atoms with Gasteiger partial charge in [0.15, 0.2) is 0 Å². The number of thiophene rings is 1. The molecule has 1 aliphatic rings. The molecule has 2 heterocycles. The number of hydrogen-bond donors (Lipinski definition) is 1. The van der Waals surface area contributed by atoms with Crippen LogP contribution in [0.25, 0.3) is 0 Å². The van der Waals surface area contributed by atoms with E-state index in [9.17, 15) is 17.6 Å². The Bertz CT molecular complexity index is 714. The van der Waals surface area contributed by atoms with E-state index in [2.05, 4.69) is 5.32 Å². The van der Waals surface area contributed by atoms with Gasteiger partial charge in [-0.1, -0.05) is 23.7 Å². The molecule has 1 aromatic carbocycles. The van der Waals surface area contributed by atoms with E-state index in [-0.39, 0.29) is 18.0 Å². The maximum absolute atomic E-state index is 14.7. The smallest absolute Gasteiger partial charge is 0.314 e. The molecule has 1 aliphatic heterocycles. The van der Waals surface area contributed by atoms with Crippen LogP contribution in [0.2, 0.25) is 4.34 Å². The Labute approximate surface area is 158 Å². The van der Waals surface area contributed by atoms with Crippen LogP contribution in [-0.4, -0.2) is 31.1 Å². The first-order valence-corrected chi connectivity index (χ1v) is 8.63. The molecule has 1 saturated heterocycles. The first-order chi connectivity index (χ1) is 11.4. The molecule has 0 bridgehead atoms. The fraction of sp³-hybridized carbons (Fsp3) is 0.375. The molecular weight excluding hydrogens is 399 g/mol. The fourth-order valence-electron chi connectivity index (χ4n) is 2.93. The number of rotatable bonds is 3. The van der Waals surface area contributed by atoms with Gasteiger partial charge in [0.05, 0.1) is 15.9 Å². The predicted octanol–water partition coefficient (Wildman–Crippen LogP) is 4.98. The summed E-state index contributed by atoms with van der Waals surface area (Å²) < 4.78 is 54.4. The average molecular weight is 415 g/mol. The Kier molecular flexibility index (Phi) is 6.73. The molecule has 138 valence electrons. The van der Waals surface area contributed by atoms with Gasteiger partial charge in [-0.2, -0.15) is 13.2 Å². The third-order valence-corrected chi connectivity index (χ3v) is 5.29. The van der Waals surface area contributed by atoms with Crippen molar-refractivity contribution < 1.29 is 17.6 Å². The molecule has 2 nitrogen and oxygen atoms in total. The summed E-state index contributed by atoms with van der Waals surface area (Å²) in [5, 5.41) is 3.19. The molecule has 9 heteroatoms. The van der Waals surface area contributed by atoms with E-state index in [0.717, 1.165) is 10.9 Å². The lowest BCUT2D eigenvalue weighted by Gasteiger charge is -2.35. The molecule has 0 aliphatic carbocycles. The summed E-state index contributed by atoms with van der Waals surface area (Å²) in [6.45, 7) is 2.65. The summed E-state index contributed by atoms with van der Waals surface area (Å²) in [6.07, 6.45) is -4.72. The summed E-state index contributed by atoms with van der Waals surface area (Å²) in [5.41, 5.74) is -1.20. The van der Waals surface area contributed by atoms with Gasteiger partial charge in [-0.25, -0.2) is 4.39 Å². The molecule has 1 N–H and O–H groups in total. The van der Waals surface area contributed by atoms with Crippen molar-refractivity contribution in [1.29, 1.82) is 0 Å². The molecule has 25 heavy (non-hydrogen) atoms. The Hall–Kier alpha value is -0.860. The van der Waals surface area contributed by atoms with Gasteiger partial charge in [-0.05, 0) is 18.2 Å². The minimum Gasteiger partial charge on any atom is -0.314 e. The molecule has 2 aromatic rings. The molecule has 0 spiro atoms. The van der Waals surface area contributed by atoms with E-state index in [1.54, 1.807) is 12.1 Å². The van der Waals surface area contributed by atoms with Gasteiger partial charge in [-0.3, -0.25) is 4.90 Å². The molecule has 3 rings (SSSR count). The minimum absolute atomic E-state index is 0. The lowest BCUT2D eigenvalue weighted by Crippen LogP contribution is -2.45. The van der Waals surface area contributed by atoms with Crippen LogP contribution in [0.5, 0.6) is 0 Å². The van der Waals surface area contributed by atoms with Crippen molar-refractivity contribution >= 4 is 35.3 Å². The highest BCUT2D eigenvalue weighted by molar-refractivity contribution is 7.16. The van der Waals surface area contributed by atoms with Crippen molar-refractivity contribution in [3.63, 3.8) is 0 Å². The summed E-state index contributed by atoms with van der Waals surface area (Å²) in [5.74, 6) is -1.21. The molecule has 1 fully saturated rings. The fourth-order valence-corrected chi connectivity index (χ4v) is 4.14. The lowest BCUT2D eigenvalue weighted by atomic mass is 9.99. The van der Waals surface area contributed by atoms with Gasteiger partial charge in [0, 0.05) is 36.6 Å². The zero-order valence-electron chi connectivity index (χ0n) is 12.9. The van der Waals surface area contributed by atoms with Gasteiger partial charge >= 0.3 is 6.18 Å². The Balaban J connectivity index is 0.00000225. The van der Waals surface area contributed by atoms with Crippen molar-refractivity contribution in [2.24, 2.45) is 0 Å². The van der Waals surface area contributed by atoms with Crippen LogP contribution < -0.4 is 5.32 Å². The van der Waals surface area contributed by atoms with Crippen LogP contribution in [-0.2, 0) is 6.18 Å². The summed E-state index contributed by atoms with van der Waals surface area (Å²) >= 11 is 7.25. The van der Waals surface area contributed by atoms with Crippen molar-refractivity contribution in [1.82, 2.24) is 10.2 Å². The second-order valence-corrected chi connectivity index (χ2v) is 7.28. The van der Waals surface area contributed by atoms with Gasteiger partial charge in [-0.15, -0.1) is 23.7 Å². The zero-order valence-corrected chi connectivity index (χ0v) is 15.3. The van der Waals surface area contributed by atoms with Crippen molar-refractivity contribution in [2.75, 3.05) is 26.2 Å². The SMILES string of the molecule is Cl.Fc1c([C@H](c2ccc(Cl)s2)N2CCNCC2)cccc1C(F)(F)F. The van der Waals surface area contributed by atoms with Gasteiger partial charge in [0.25, 0.3) is 0 Å². The second kappa shape index (κ2) is 8.22. The number of hydrogen-bond acceptors (Lipinski definition) is 3. The quantitative estimate of drug-likeness (QED) is 0.712. The van der Waals surface area contributed by atoms with Crippen LogP contribution in [0.15, 0.2) is 30.3 Å². The third kappa shape index (κ3) is 4.46. The van der Waals surface area contributed by atoms with E-state index < -0.39 is 23.6 Å². The van der Waals surface area contributed by atoms with Crippen LogP contribution in [0, 0.1) is 5.82 Å². The first kappa shape index (κ1) is 20.5. The number of alkyl halides is 3. The number of nitrogens with zero attached hydrogens (tertiary/aromatic N) is 1. The highest BCUT2D eigenvalue weighted by Gasteiger charge is 2.37. The standard InChI is InChI=1S/C16H15ClF4N2S.ClH/c17-13-5-4-12(24-13)15(23-8-6-22-7-9-23)10-2-1-3-11(14(10)18)16(19,20)21;/h1-5,15,22H,6-9H2;1H/t15-;/m1./s1. The van der Waals surface area contributed by atoms with Crippen LogP contribution in [0.3, 0.4) is 0 Å². The Morgan fingerprint density at radius 3 is 2.36 bits per heavy atom. The number of benzene rings is 1. The normalized spacial score (nSPS) is 17.2. The largest absolute Gasteiger partial charge is 0.419 e. The van der Waals surface area contributed by atoms with E-state index in [4.69, 9.17) is 11.6 Å². The summed E-state index contributed by atoms with van der Waals surface area (Å²) in [7, 11) is 0. The van der Waals surface area contributed by atoms with Crippen molar-refractivity contribution in [3.05, 3.63) is 56.5 Å². The Morgan fingerprint density at radius 1 is 1.12 bits per heavy atom. The van der Waals surface area contributed by atoms with Crippen molar-refractivity contribution in [3.8, 4) is 0 Å². The van der Waals surface area contributed by atoms with E-state index in [1.807, 2.05) is 4.90 Å². The molecule has 0 saturated carbocycles. The molecule has 0 radical (unpaired) electrons. The molecule has 0 unspecified atom stereocenters. The van der Waals surface area contributed by atoms with Gasteiger partial charge in [0.1, 0.15) is 5.82 Å². The second-order valence-electron chi connectivity index (χ2n) is 5.54. The first-order valence-electron chi connectivity index (χ1n) is 7.43. The summed E-state index contributed by atoms with van der Waals surface area (Å²) in [6, 6.07) is 6.31. The number of halogens is 6. The highest BCUT2D eigenvalue weighted by Crippen LogP contribution is 2.40. The monoisotopic (exact) mass is 414 g/mol. The van der Waals surface area contributed by atoms with Gasteiger partial charge < -0.3 is 5.32 Å². The third-order valence-electron chi connectivity index (χ3n) is 4.01. The van der Waals surface area contributed by atoms with Crippen molar-refractivity contribution in [2.45, 2.75) is 12.2 Å². The summed E-state index contributed by atoms with van der Waals surface area (Å²) in [4.78, 5) is 2.72. The lowest BCUT2D eigenvalue weighted by molar-refractivity contribution is -0.140. The molecular formula is C16H16Cl2F4N2S.